The number of carbonyl (C=O) groups excluding carboxylic acids is 3. The first-order valence-electron chi connectivity index (χ1n) is 10.1. The number of nitro benzene ring substituents is 1. The van der Waals surface area contributed by atoms with Crippen LogP contribution in [0.4, 0.5) is 18.9 Å². The summed E-state index contributed by atoms with van der Waals surface area (Å²) in [5.41, 5.74) is -0.241. The van der Waals surface area contributed by atoms with Crippen LogP contribution in [0.15, 0.2) is 42.5 Å². The SMILES string of the molecule is O=C(CCN1C(=O)c2ccccc2C1=O)COc1ccc2c(cc(I)n2C(F)C(F)F)c1[N+](=O)[O-]. The summed E-state index contributed by atoms with van der Waals surface area (Å²) < 4.78 is 45.9. The van der Waals surface area contributed by atoms with E-state index >= 15 is 0 Å². The Morgan fingerprint density at radius 3 is 2.29 bits per heavy atom. The number of amides is 2. The molecule has 1 unspecified atom stereocenters. The molecule has 3 aromatic rings. The number of hydrogen-bond acceptors (Lipinski definition) is 6. The van der Waals surface area contributed by atoms with Crippen LogP contribution in [0, 0.1) is 13.8 Å². The zero-order chi connectivity index (χ0) is 25.4. The number of fused-ring (bicyclic) bond motifs is 2. The minimum atomic E-state index is -3.34. The lowest BCUT2D eigenvalue weighted by molar-refractivity contribution is -0.384. The van der Waals surface area contributed by atoms with Gasteiger partial charge in [0.15, 0.2) is 11.5 Å². The first kappa shape index (κ1) is 24.6. The predicted molar refractivity (Wildman–Crippen MR) is 124 cm³/mol. The Balaban J connectivity index is 1.48. The molecular formula is C22H15F3IN3O6. The van der Waals surface area contributed by atoms with E-state index < -0.39 is 47.5 Å². The standard InChI is InChI=1S/C22H15F3IN3O6/c23-19(24)20(25)28-15-5-6-16(18(29(33)34)14(15)9-17(28)26)35-10-11(30)7-8-27-21(31)12-3-1-2-4-13(12)22(27)32/h1-6,9,19-20H,7-8,10H2. The number of benzene rings is 2. The maximum absolute atomic E-state index is 14.0. The maximum atomic E-state index is 14.0. The normalized spacial score (nSPS) is 14.0. The number of alkyl halides is 3. The van der Waals surface area contributed by atoms with Gasteiger partial charge in [-0.25, -0.2) is 13.2 Å². The Hall–Kier alpha value is -3.49. The summed E-state index contributed by atoms with van der Waals surface area (Å²) in [6.07, 6.45) is -6.28. The average molecular weight is 601 g/mol. The fraction of sp³-hybridized carbons (Fsp3) is 0.227. The van der Waals surface area contributed by atoms with Crippen LogP contribution in [-0.4, -0.2) is 51.6 Å². The number of rotatable bonds is 9. The molecule has 4 rings (SSSR count). The average Bonchev–Trinajstić information content (AvgIpc) is 3.28. The van der Waals surface area contributed by atoms with E-state index in [4.69, 9.17) is 4.74 Å². The molecule has 0 bridgehead atoms. The fourth-order valence-corrected chi connectivity index (χ4v) is 4.65. The first-order valence-corrected chi connectivity index (χ1v) is 11.2. The minimum absolute atomic E-state index is 0.0164. The molecule has 2 aromatic carbocycles. The van der Waals surface area contributed by atoms with E-state index in [0.29, 0.717) is 4.57 Å². The van der Waals surface area contributed by atoms with Gasteiger partial charge in [-0.3, -0.25) is 34.0 Å². The molecule has 0 saturated heterocycles. The summed E-state index contributed by atoms with van der Waals surface area (Å²) in [5.74, 6) is -1.88. The maximum Gasteiger partial charge on any atom is 0.320 e. The van der Waals surface area contributed by atoms with Gasteiger partial charge < -0.3 is 4.74 Å². The smallest absolute Gasteiger partial charge is 0.320 e. The number of Topliss-reactive ketones (excluding diaryl/α,β-unsaturated/α-hetero) is 1. The first-order chi connectivity index (χ1) is 16.6. The number of nitro groups is 1. The van der Waals surface area contributed by atoms with Crippen molar-refractivity contribution in [3.05, 3.63) is 67.4 Å². The highest BCUT2D eigenvalue weighted by atomic mass is 127. The van der Waals surface area contributed by atoms with Crippen molar-refractivity contribution in [2.24, 2.45) is 0 Å². The molecule has 2 amide bonds. The highest BCUT2D eigenvalue weighted by Crippen LogP contribution is 2.39. The Kier molecular flexibility index (Phi) is 6.78. The number of halogens is 4. The summed E-state index contributed by atoms with van der Waals surface area (Å²) >= 11 is 1.59. The third kappa shape index (κ3) is 4.47. The van der Waals surface area contributed by atoms with Crippen molar-refractivity contribution in [2.45, 2.75) is 19.1 Å². The lowest BCUT2D eigenvalue weighted by Crippen LogP contribution is -2.32. The Labute approximate surface area is 208 Å². The molecule has 0 N–H and O–H groups in total. The Morgan fingerprint density at radius 1 is 1.09 bits per heavy atom. The van der Waals surface area contributed by atoms with E-state index in [1.54, 1.807) is 34.7 Å². The van der Waals surface area contributed by atoms with Crippen molar-refractivity contribution in [3.63, 3.8) is 0 Å². The van der Waals surface area contributed by atoms with Crippen molar-refractivity contribution in [1.29, 1.82) is 0 Å². The van der Waals surface area contributed by atoms with E-state index in [1.807, 2.05) is 0 Å². The molecule has 35 heavy (non-hydrogen) atoms. The lowest BCUT2D eigenvalue weighted by Gasteiger charge is -2.14. The van der Waals surface area contributed by atoms with Crippen LogP contribution in [0.25, 0.3) is 10.9 Å². The van der Waals surface area contributed by atoms with E-state index in [1.165, 1.54) is 24.3 Å². The highest BCUT2D eigenvalue weighted by Gasteiger charge is 2.35. The van der Waals surface area contributed by atoms with Gasteiger partial charge in [-0.2, -0.15) is 0 Å². The summed E-state index contributed by atoms with van der Waals surface area (Å²) in [6.45, 7) is -0.793. The van der Waals surface area contributed by atoms with Gasteiger partial charge in [-0.1, -0.05) is 12.1 Å². The number of aromatic nitrogens is 1. The molecule has 0 aliphatic carbocycles. The van der Waals surface area contributed by atoms with Crippen LogP contribution in [-0.2, 0) is 4.79 Å². The number of imide groups is 1. The molecule has 182 valence electrons. The monoisotopic (exact) mass is 601 g/mol. The second kappa shape index (κ2) is 9.64. The molecule has 0 fully saturated rings. The molecule has 0 saturated carbocycles. The fourth-order valence-electron chi connectivity index (χ4n) is 3.81. The quantitative estimate of drug-likeness (QED) is 0.154. The van der Waals surface area contributed by atoms with E-state index in [0.717, 1.165) is 11.0 Å². The van der Waals surface area contributed by atoms with Crippen LogP contribution in [0.2, 0.25) is 0 Å². The van der Waals surface area contributed by atoms with Gasteiger partial charge >= 0.3 is 5.69 Å². The third-order valence-corrected chi connectivity index (χ3v) is 6.26. The van der Waals surface area contributed by atoms with Crippen molar-refractivity contribution < 1.29 is 37.2 Å². The summed E-state index contributed by atoms with van der Waals surface area (Å²) in [4.78, 5) is 48.9. The third-order valence-electron chi connectivity index (χ3n) is 5.43. The Bertz CT molecular complexity index is 1340. The largest absolute Gasteiger partial charge is 0.479 e. The second-order valence-electron chi connectivity index (χ2n) is 7.53. The van der Waals surface area contributed by atoms with Gasteiger partial charge in [0, 0.05) is 13.0 Å². The molecule has 13 heteroatoms. The van der Waals surface area contributed by atoms with E-state index in [-0.39, 0.29) is 44.4 Å². The van der Waals surface area contributed by atoms with Crippen LogP contribution < -0.4 is 4.74 Å². The van der Waals surface area contributed by atoms with Gasteiger partial charge in [0.05, 0.1) is 30.7 Å². The molecule has 2 heterocycles. The van der Waals surface area contributed by atoms with Crippen molar-refractivity contribution in [3.8, 4) is 5.75 Å². The van der Waals surface area contributed by atoms with Crippen LogP contribution >= 0.6 is 22.6 Å². The lowest BCUT2D eigenvalue weighted by atomic mass is 10.1. The van der Waals surface area contributed by atoms with E-state index in [9.17, 15) is 37.7 Å². The van der Waals surface area contributed by atoms with Gasteiger partial charge in [-0.15, -0.1) is 0 Å². The van der Waals surface area contributed by atoms with Gasteiger partial charge in [-0.05, 0) is 52.9 Å². The van der Waals surface area contributed by atoms with E-state index in [2.05, 4.69) is 0 Å². The second-order valence-corrected chi connectivity index (χ2v) is 8.64. The van der Waals surface area contributed by atoms with Gasteiger partial charge in [0.1, 0.15) is 6.61 Å². The van der Waals surface area contributed by atoms with Crippen molar-refractivity contribution in [1.82, 2.24) is 9.47 Å². The molecule has 1 aliphatic rings. The zero-order valence-corrected chi connectivity index (χ0v) is 19.8. The number of hydrogen-bond donors (Lipinski definition) is 0. The minimum Gasteiger partial charge on any atom is -0.479 e. The topological polar surface area (TPSA) is 112 Å². The summed E-state index contributed by atoms with van der Waals surface area (Å²) in [6, 6.07) is 9.73. The van der Waals surface area contributed by atoms with Gasteiger partial charge in [0.25, 0.3) is 18.2 Å². The summed E-state index contributed by atoms with van der Waals surface area (Å²) in [5, 5.41) is 11.6. The zero-order valence-electron chi connectivity index (χ0n) is 17.6. The molecule has 9 nitrogen and oxygen atoms in total. The van der Waals surface area contributed by atoms with Crippen LogP contribution in [0.3, 0.4) is 0 Å². The predicted octanol–water partition coefficient (Wildman–Crippen LogP) is 4.52. The number of carbonyl (C=O) groups is 3. The molecule has 1 atom stereocenters. The summed E-state index contributed by atoms with van der Waals surface area (Å²) in [7, 11) is 0. The number of ether oxygens (including phenoxy) is 1. The molecule has 0 radical (unpaired) electrons. The number of ketones is 1. The molecular weight excluding hydrogens is 586 g/mol. The van der Waals surface area contributed by atoms with Crippen LogP contribution in [0.5, 0.6) is 5.75 Å². The molecule has 0 spiro atoms. The van der Waals surface area contributed by atoms with Crippen LogP contribution in [0.1, 0.15) is 33.4 Å². The Morgan fingerprint density at radius 2 is 1.71 bits per heavy atom. The van der Waals surface area contributed by atoms with Crippen molar-refractivity contribution in [2.75, 3.05) is 13.2 Å². The number of nitrogens with zero attached hydrogens (tertiary/aromatic N) is 3. The molecule has 1 aromatic heterocycles. The molecule has 1 aliphatic heterocycles. The van der Waals surface area contributed by atoms with Gasteiger partial charge in [0.2, 0.25) is 6.30 Å². The van der Waals surface area contributed by atoms with Crippen molar-refractivity contribution >= 4 is 56.8 Å². The highest BCUT2D eigenvalue weighted by molar-refractivity contribution is 14.1.